The molecule has 0 bridgehead atoms. The summed E-state index contributed by atoms with van der Waals surface area (Å²) in [6, 6.07) is 1.66. The van der Waals surface area contributed by atoms with Gasteiger partial charge in [-0.3, -0.25) is 4.79 Å². The molecule has 0 aliphatic carbocycles. The lowest BCUT2D eigenvalue weighted by Gasteiger charge is -2.12. The van der Waals surface area contributed by atoms with E-state index >= 15 is 0 Å². The van der Waals surface area contributed by atoms with Crippen LogP contribution in [0.2, 0.25) is 0 Å². The Morgan fingerprint density at radius 1 is 1.45 bits per heavy atom. The van der Waals surface area contributed by atoms with Crippen molar-refractivity contribution < 1.29 is 9.32 Å². The Kier molecular flexibility index (Phi) is 4.04. The first-order valence-corrected chi connectivity index (χ1v) is 6.71. The fourth-order valence-corrected chi connectivity index (χ4v) is 2.03. The lowest BCUT2D eigenvalue weighted by atomic mass is 10.0. The highest BCUT2D eigenvalue weighted by atomic mass is 16.5. The van der Waals surface area contributed by atoms with Crippen LogP contribution < -0.4 is 11.1 Å². The van der Waals surface area contributed by atoms with Gasteiger partial charge in [-0.25, -0.2) is 4.98 Å². The van der Waals surface area contributed by atoms with Crippen LogP contribution in [0.5, 0.6) is 0 Å². The number of nitrogens with zero attached hydrogens (tertiary/aromatic N) is 2. The van der Waals surface area contributed by atoms with Crippen molar-refractivity contribution in [3.8, 4) is 0 Å². The van der Waals surface area contributed by atoms with Gasteiger partial charge in [0.1, 0.15) is 0 Å². The second-order valence-corrected chi connectivity index (χ2v) is 5.32. The van der Waals surface area contributed by atoms with Gasteiger partial charge in [0, 0.05) is 18.3 Å². The van der Waals surface area contributed by atoms with Crippen molar-refractivity contribution in [1.29, 1.82) is 0 Å². The van der Waals surface area contributed by atoms with Gasteiger partial charge in [-0.15, -0.1) is 0 Å². The Bertz CT molecular complexity index is 633. The van der Waals surface area contributed by atoms with Crippen molar-refractivity contribution in [3.63, 3.8) is 0 Å². The lowest BCUT2D eigenvalue weighted by Crippen LogP contribution is -2.38. The van der Waals surface area contributed by atoms with Gasteiger partial charge in [-0.1, -0.05) is 19.0 Å². The number of carbonyl (C=O) groups is 1. The number of hydrogen-bond donors (Lipinski definition) is 2. The minimum absolute atomic E-state index is 0.0895. The Balaban J connectivity index is 2.55. The van der Waals surface area contributed by atoms with E-state index in [9.17, 15) is 4.79 Å². The van der Waals surface area contributed by atoms with E-state index in [-0.39, 0.29) is 17.9 Å². The van der Waals surface area contributed by atoms with Gasteiger partial charge in [0.2, 0.25) is 0 Å². The number of aryl methyl sites for hydroxylation is 1. The van der Waals surface area contributed by atoms with Gasteiger partial charge < -0.3 is 15.6 Å². The predicted molar refractivity (Wildman–Crippen MR) is 76.6 cm³/mol. The summed E-state index contributed by atoms with van der Waals surface area (Å²) in [4.78, 5) is 16.7. The summed E-state index contributed by atoms with van der Waals surface area (Å²) in [5, 5.41) is 7.58. The summed E-state index contributed by atoms with van der Waals surface area (Å²) >= 11 is 0. The quantitative estimate of drug-likeness (QED) is 0.887. The maximum Gasteiger partial charge on any atom is 0.259 e. The molecule has 0 saturated carbocycles. The van der Waals surface area contributed by atoms with E-state index in [1.807, 2.05) is 27.7 Å². The molecular weight excluding hydrogens is 256 g/mol. The van der Waals surface area contributed by atoms with Crippen molar-refractivity contribution in [1.82, 2.24) is 15.5 Å². The Morgan fingerprint density at radius 2 is 2.15 bits per heavy atom. The number of rotatable bonds is 4. The molecule has 2 rings (SSSR count). The zero-order chi connectivity index (χ0) is 14.9. The molecule has 0 aliphatic rings. The van der Waals surface area contributed by atoms with E-state index in [0.717, 1.165) is 11.4 Å². The molecule has 0 saturated heterocycles. The minimum atomic E-state index is -0.177. The number of fused-ring (bicyclic) bond motifs is 1. The van der Waals surface area contributed by atoms with Gasteiger partial charge in [0.15, 0.2) is 0 Å². The first-order chi connectivity index (χ1) is 9.43. The fraction of sp³-hybridized carbons (Fsp3) is 0.500. The molecule has 1 amide bonds. The normalized spacial score (nSPS) is 12.9. The third kappa shape index (κ3) is 2.65. The molecule has 0 radical (unpaired) electrons. The van der Waals surface area contributed by atoms with Crippen LogP contribution in [0.4, 0.5) is 0 Å². The molecule has 0 aliphatic heterocycles. The van der Waals surface area contributed by atoms with Crippen molar-refractivity contribution in [2.24, 2.45) is 5.73 Å². The summed E-state index contributed by atoms with van der Waals surface area (Å²) in [5.41, 5.74) is 7.95. The largest absolute Gasteiger partial charge is 0.348 e. The average Bonchev–Trinajstić information content (AvgIpc) is 2.80. The maximum absolute atomic E-state index is 12.4. The summed E-state index contributed by atoms with van der Waals surface area (Å²) < 4.78 is 5.25. The topological polar surface area (TPSA) is 94.0 Å². The molecule has 0 aromatic carbocycles. The van der Waals surface area contributed by atoms with E-state index in [2.05, 4.69) is 15.5 Å². The molecule has 20 heavy (non-hydrogen) atoms. The lowest BCUT2D eigenvalue weighted by molar-refractivity contribution is 0.0942. The van der Waals surface area contributed by atoms with Gasteiger partial charge in [0.25, 0.3) is 11.6 Å². The monoisotopic (exact) mass is 276 g/mol. The number of hydrogen-bond acceptors (Lipinski definition) is 5. The molecule has 0 fully saturated rings. The Morgan fingerprint density at radius 3 is 2.75 bits per heavy atom. The highest BCUT2D eigenvalue weighted by molar-refractivity contribution is 6.06. The van der Waals surface area contributed by atoms with Crippen molar-refractivity contribution in [3.05, 3.63) is 23.0 Å². The SMILES string of the molecule is Cc1cc(C(=O)N[C@@H](C)CN)c2c(C(C)C)noc2n1. The van der Waals surface area contributed by atoms with Crippen LogP contribution in [0.15, 0.2) is 10.6 Å². The number of carbonyl (C=O) groups excluding carboxylic acids is 1. The van der Waals surface area contributed by atoms with Crippen LogP contribution >= 0.6 is 0 Å². The van der Waals surface area contributed by atoms with Gasteiger partial charge in [-0.05, 0) is 25.8 Å². The zero-order valence-electron chi connectivity index (χ0n) is 12.2. The maximum atomic E-state index is 12.4. The number of aromatic nitrogens is 2. The van der Waals surface area contributed by atoms with Crippen LogP contribution in [-0.4, -0.2) is 28.6 Å². The van der Waals surface area contributed by atoms with Crippen LogP contribution in [0, 0.1) is 6.92 Å². The molecule has 0 unspecified atom stereocenters. The van der Waals surface area contributed by atoms with E-state index in [1.165, 1.54) is 0 Å². The molecule has 108 valence electrons. The first kappa shape index (κ1) is 14.5. The second-order valence-electron chi connectivity index (χ2n) is 5.32. The second kappa shape index (κ2) is 5.58. The molecular formula is C14H20N4O2. The highest BCUT2D eigenvalue weighted by Gasteiger charge is 2.21. The summed E-state index contributed by atoms with van der Waals surface area (Å²) in [7, 11) is 0. The van der Waals surface area contributed by atoms with E-state index in [4.69, 9.17) is 10.3 Å². The number of amides is 1. The van der Waals surface area contributed by atoms with Gasteiger partial charge in [-0.2, -0.15) is 0 Å². The predicted octanol–water partition coefficient (Wildman–Crippen LogP) is 1.73. The van der Waals surface area contributed by atoms with Gasteiger partial charge in [0.05, 0.1) is 16.6 Å². The van der Waals surface area contributed by atoms with E-state index in [0.29, 0.717) is 23.2 Å². The van der Waals surface area contributed by atoms with Crippen LogP contribution in [0.25, 0.3) is 11.1 Å². The molecule has 0 spiro atoms. The smallest absolute Gasteiger partial charge is 0.259 e. The van der Waals surface area contributed by atoms with Crippen molar-refractivity contribution in [2.45, 2.75) is 39.7 Å². The molecule has 6 heteroatoms. The summed E-state index contributed by atoms with van der Waals surface area (Å²) in [6.45, 7) is 8.07. The molecule has 6 nitrogen and oxygen atoms in total. The third-order valence-electron chi connectivity index (χ3n) is 3.12. The van der Waals surface area contributed by atoms with Gasteiger partial charge >= 0.3 is 0 Å². The van der Waals surface area contributed by atoms with Crippen molar-refractivity contribution in [2.75, 3.05) is 6.54 Å². The Hall–Kier alpha value is -1.95. The third-order valence-corrected chi connectivity index (χ3v) is 3.12. The molecule has 1 atom stereocenters. The number of nitrogens with one attached hydrogen (secondary N) is 1. The van der Waals surface area contributed by atoms with Crippen LogP contribution in [0.3, 0.4) is 0 Å². The zero-order valence-corrected chi connectivity index (χ0v) is 12.2. The van der Waals surface area contributed by atoms with E-state index in [1.54, 1.807) is 6.07 Å². The molecule has 2 aromatic heterocycles. The molecule has 2 aromatic rings. The van der Waals surface area contributed by atoms with Crippen LogP contribution in [-0.2, 0) is 0 Å². The van der Waals surface area contributed by atoms with E-state index < -0.39 is 0 Å². The molecule has 3 N–H and O–H groups in total. The highest BCUT2D eigenvalue weighted by Crippen LogP contribution is 2.27. The summed E-state index contributed by atoms with van der Waals surface area (Å²) in [5.74, 6) is -0.0252. The number of pyridine rings is 1. The molecule has 2 heterocycles. The fourth-order valence-electron chi connectivity index (χ4n) is 2.03. The first-order valence-electron chi connectivity index (χ1n) is 6.71. The van der Waals surface area contributed by atoms with Crippen molar-refractivity contribution >= 4 is 17.0 Å². The standard InChI is InChI=1S/C14H20N4O2/c1-7(2)12-11-10(13(19)16-9(4)6-15)5-8(3)17-14(11)20-18-12/h5,7,9H,6,15H2,1-4H3,(H,16,19)/t9-/m0/s1. The summed E-state index contributed by atoms with van der Waals surface area (Å²) in [6.07, 6.45) is 0. The van der Waals surface area contributed by atoms with Crippen LogP contribution in [0.1, 0.15) is 48.4 Å². The number of nitrogens with two attached hydrogens (primary N) is 1. The minimum Gasteiger partial charge on any atom is -0.348 e. The average molecular weight is 276 g/mol. The Labute approximate surface area is 117 Å².